The van der Waals surface area contributed by atoms with Gasteiger partial charge in [0.05, 0.1) is 0 Å². The van der Waals surface area contributed by atoms with Crippen molar-refractivity contribution in [1.82, 2.24) is 16.0 Å². The highest BCUT2D eigenvalue weighted by Gasteiger charge is 2.08. The molecule has 100 valence electrons. The molecule has 0 unspecified atom stereocenters. The van der Waals surface area contributed by atoms with Gasteiger partial charge in [0, 0.05) is 18.8 Å². The molecular formula is C13H21N3S2. The van der Waals surface area contributed by atoms with E-state index < -0.39 is 0 Å². The third kappa shape index (κ3) is 4.94. The van der Waals surface area contributed by atoms with Crippen LogP contribution in [0.1, 0.15) is 25.0 Å². The fourth-order valence-corrected chi connectivity index (χ4v) is 2.64. The van der Waals surface area contributed by atoms with E-state index in [-0.39, 0.29) is 0 Å². The summed E-state index contributed by atoms with van der Waals surface area (Å²) in [5.41, 5.74) is 9.03. The van der Waals surface area contributed by atoms with Crippen LogP contribution < -0.4 is 10.9 Å². The molecule has 0 amide bonds. The largest absolute Gasteiger partial charge is 0.224 e. The summed E-state index contributed by atoms with van der Waals surface area (Å²) < 4.78 is 0.821. The molecule has 0 bridgehead atoms. The Hall–Kier alpha value is -0.620. The van der Waals surface area contributed by atoms with Crippen LogP contribution in [-0.2, 0) is 5.75 Å². The SMILES string of the molecule is CCNN(NCC)C(=S)SCc1ccccc1C. The standard InChI is InChI=1S/C13H21N3S2/c1-4-14-16(15-5-2)13(17)18-10-12-9-7-6-8-11(12)3/h6-9,14-15H,4-5,10H2,1-3H3. The van der Waals surface area contributed by atoms with E-state index >= 15 is 0 Å². The van der Waals surface area contributed by atoms with Gasteiger partial charge in [-0.25, -0.2) is 16.0 Å². The Labute approximate surface area is 119 Å². The quantitative estimate of drug-likeness (QED) is 0.618. The van der Waals surface area contributed by atoms with Gasteiger partial charge in [-0.3, -0.25) is 0 Å². The topological polar surface area (TPSA) is 27.3 Å². The molecule has 1 rings (SSSR count). The Balaban J connectivity index is 2.51. The molecule has 1 aromatic rings. The Morgan fingerprint density at radius 2 is 1.83 bits per heavy atom. The predicted octanol–water partition coefficient (Wildman–Crippen LogP) is 2.86. The Kier molecular flexibility index (Phi) is 7.27. The van der Waals surface area contributed by atoms with E-state index in [2.05, 4.69) is 55.9 Å². The van der Waals surface area contributed by atoms with Crippen LogP contribution in [0.15, 0.2) is 24.3 Å². The molecule has 0 fully saturated rings. The van der Waals surface area contributed by atoms with Gasteiger partial charge in [-0.1, -0.05) is 49.9 Å². The minimum absolute atomic E-state index is 0.821. The number of thioether (sulfide) groups is 1. The number of nitrogens with one attached hydrogen (secondary N) is 2. The van der Waals surface area contributed by atoms with Gasteiger partial charge in [0.25, 0.3) is 0 Å². The van der Waals surface area contributed by atoms with Gasteiger partial charge >= 0.3 is 0 Å². The average Bonchev–Trinajstić information content (AvgIpc) is 2.37. The zero-order valence-electron chi connectivity index (χ0n) is 11.2. The van der Waals surface area contributed by atoms with Gasteiger partial charge in [0.1, 0.15) is 0 Å². The third-order valence-corrected chi connectivity index (χ3v) is 3.85. The fraction of sp³-hybridized carbons (Fsp3) is 0.462. The first-order valence-electron chi connectivity index (χ1n) is 6.17. The number of rotatable bonds is 6. The highest BCUT2D eigenvalue weighted by Crippen LogP contribution is 2.17. The van der Waals surface area contributed by atoms with E-state index in [1.165, 1.54) is 11.1 Å². The summed E-state index contributed by atoms with van der Waals surface area (Å²) in [7, 11) is 0. The number of thiocarbonyl (C=S) groups is 1. The monoisotopic (exact) mass is 283 g/mol. The summed E-state index contributed by atoms with van der Waals surface area (Å²) in [5.74, 6) is 0.902. The summed E-state index contributed by atoms with van der Waals surface area (Å²) in [6, 6.07) is 8.41. The van der Waals surface area contributed by atoms with Gasteiger partial charge in [0.2, 0.25) is 0 Å². The summed E-state index contributed by atoms with van der Waals surface area (Å²) in [6.07, 6.45) is 0. The molecule has 0 saturated carbocycles. The molecule has 0 saturated heterocycles. The van der Waals surface area contributed by atoms with Crippen molar-refractivity contribution in [2.45, 2.75) is 26.5 Å². The summed E-state index contributed by atoms with van der Waals surface area (Å²) in [5, 5.41) is 1.83. The summed E-state index contributed by atoms with van der Waals surface area (Å²) in [4.78, 5) is 0. The lowest BCUT2D eigenvalue weighted by Gasteiger charge is -2.24. The van der Waals surface area contributed by atoms with Crippen molar-refractivity contribution < 1.29 is 0 Å². The molecule has 0 heterocycles. The molecular weight excluding hydrogens is 262 g/mol. The van der Waals surface area contributed by atoms with Crippen LogP contribution in [0.3, 0.4) is 0 Å². The first-order valence-corrected chi connectivity index (χ1v) is 7.56. The predicted molar refractivity (Wildman–Crippen MR) is 84.3 cm³/mol. The number of nitrogens with zero attached hydrogens (tertiary/aromatic N) is 1. The van der Waals surface area contributed by atoms with Crippen LogP contribution in [0.2, 0.25) is 0 Å². The maximum Gasteiger partial charge on any atom is 0.167 e. The van der Waals surface area contributed by atoms with Gasteiger partial charge < -0.3 is 0 Å². The molecule has 3 nitrogen and oxygen atoms in total. The van der Waals surface area contributed by atoms with E-state index in [1.54, 1.807) is 11.8 Å². The Morgan fingerprint density at radius 1 is 1.22 bits per heavy atom. The van der Waals surface area contributed by atoms with Crippen LogP contribution in [0, 0.1) is 6.92 Å². The second-order valence-electron chi connectivity index (χ2n) is 3.84. The normalized spacial score (nSPS) is 10.4. The lowest BCUT2D eigenvalue weighted by atomic mass is 10.1. The van der Waals surface area contributed by atoms with Crippen LogP contribution in [0.4, 0.5) is 0 Å². The third-order valence-electron chi connectivity index (χ3n) is 2.43. The number of hydrogen-bond donors (Lipinski definition) is 2. The highest BCUT2D eigenvalue weighted by atomic mass is 32.2. The van der Waals surface area contributed by atoms with Crippen LogP contribution >= 0.6 is 24.0 Å². The molecule has 0 radical (unpaired) electrons. The molecule has 1 aromatic carbocycles. The summed E-state index contributed by atoms with van der Waals surface area (Å²) in [6.45, 7) is 7.93. The number of hydrazine groups is 2. The molecule has 0 atom stereocenters. The van der Waals surface area contributed by atoms with Crippen molar-refractivity contribution in [1.29, 1.82) is 0 Å². The van der Waals surface area contributed by atoms with E-state index in [4.69, 9.17) is 12.2 Å². The molecule has 0 aliphatic rings. The lowest BCUT2D eigenvalue weighted by Crippen LogP contribution is -2.50. The fourth-order valence-electron chi connectivity index (χ4n) is 1.48. The molecule has 5 heteroatoms. The van der Waals surface area contributed by atoms with Gasteiger partial charge in [-0.15, -0.1) is 0 Å². The van der Waals surface area contributed by atoms with Crippen molar-refractivity contribution in [2.75, 3.05) is 13.1 Å². The molecule has 0 aromatic heterocycles. The lowest BCUT2D eigenvalue weighted by molar-refractivity contribution is 0.241. The van der Waals surface area contributed by atoms with Crippen molar-refractivity contribution in [3.8, 4) is 0 Å². The van der Waals surface area contributed by atoms with Crippen LogP contribution in [-0.4, -0.2) is 22.5 Å². The van der Waals surface area contributed by atoms with Gasteiger partial charge in [0.15, 0.2) is 4.32 Å². The van der Waals surface area contributed by atoms with Crippen LogP contribution in [0.5, 0.6) is 0 Å². The first kappa shape index (κ1) is 15.4. The van der Waals surface area contributed by atoms with Crippen LogP contribution in [0.25, 0.3) is 0 Å². The second kappa shape index (κ2) is 8.48. The number of aryl methyl sites for hydroxylation is 1. The Morgan fingerprint density at radius 3 is 2.39 bits per heavy atom. The highest BCUT2D eigenvalue weighted by molar-refractivity contribution is 8.22. The molecule has 2 N–H and O–H groups in total. The number of benzene rings is 1. The van der Waals surface area contributed by atoms with E-state index in [0.29, 0.717) is 0 Å². The van der Waals surface area contributed by atoms with Gasteiger partial charge in [-0.2, -0.15) is 0 Å². The Bertz CT molecular complexity index is 376. The first-order chi connectivity index (χ1) is 8.69. The minimum Gasteiger partial charge on any atom is -0.224 e. The number of hydrogen-bond acceptors (Lipinski definition) is 4. The zero-order chi connectivity index (χ0) is 13.4. The smallest absolute Gasteiger partial charge is 0.167 e. The van der Waals surface area contributed by atoms with E-state index in [0.717, 1.165) is 23.2 Å². The van der Waals surface area contributed by atoms with Gasteiger partial charge in [-0.05, 0) is 30.3 Å². The average molecular weight is 283 g/mol. The maximum atomic E-state index is 5.41. The second-order valence-corrected chi connectivity index (χ2v) is 5.45. The van der Waals surface area contributed by atoms with Crippen molar-refractivity contribution in [2.24, 2.45) is 0 Å². The zero-order valence-corrected chi connectivity index (χ0v) is 12.8. The minimum atomic E-state index is 0.821. The van der Waals surface area contributed by atoms with E-state index in [1.807, 2.05) is 5.12 Å². The molecule has 18 heavy (non-hydrogen) atoms. The molecule has 0 aliphatic carbocycles. The molecule has 0 aliphatic heterocycles. The molecule has 0 spiro atoms. The maximum absolute atomic E-state index is 5.41. The van der Waals surface area contributed by atoms with Crippen molar-refractivity contribution >= 4 is 28.3 Å². The van der Waals surface area contributed by atoms with E-state index in [9.17, 15) is 0 Å². The van der Waals surface area contributed by atoms with Crippen molar-refractivity contribution in [3.05, 3.63) is 35.4 Å². The van der Waals surface area contributed by atoms with Crippen molar-refractivity contribution in [3.63, 3.8) is 0 Å². The summed E-state index contributed by atoms with van der Waals surface area (Å²) >= 11 is 7.08.